The molecule has 1 aliphatic carbocycles. The fourth-order valence-corrected chi connectivity index (χ4v) is 3.54. The largest absolute Gasteiger partial charge is 0.372 e. The van der Waals surface area contributed by atoms with E-state index in [-0.39, 0.29) is 0 Å². The third-order valence-corrected chi connectivity index (χ3v) is 4.63. The lowest BCUT2D eigenvalue weighted by molar-refractivity contribution is 0.690. The molecule has 0 atom stereocenters. The molecule has 5 nitrogen and oxygen atoms in total. The van der Waals surface area contributed by atoms with Crippen molar-refractivity contribution in [3.05, 3.63) is 21.7 Å². The first kappa shape index (κ1) is 12.8. The topological polar surface area (TPSA) is 66.5 Å². The third-order valence-electron chi connectivity index (χ3n) is 3.57. The van der Waals surface area contributed by atoms with Gasteiger partial charge in [0.05, 0.1) is 9.26 Å². The van der Waals surface area contributed by atoms with Crippen LogP contribution in [0.5, 0.6) is 0 Å². The van der Waals surface area contributed by atoms with Crippen molar-refractivity contribution >= 4 is 28.4 Å². The van der Waals surface area contributed by atoms with Gasteiger partial charge in [-0.05, 0) is 35.4 Å². The molecule has 2 aromatic heterocycles. The smallest absolute Gasteiger partial charge is 0.197 e. The van der Waals surface area contributed by atoms with Crippen LogP contribution in [0.25, 0.3) is 11.6 Å². The number of halogens is 1. The first-order valence-corrected chi connectivity index (χ1v) is 7.62. The summed E-state index contributed by atoms with van der Waals surface area (Å²) in [4.78, 5) is 16.6. The highest BCUT2D eigenvalue weighted by atomic mass is 127. The van der Waals surface area contributed by atoms with Crippen LogP contribution in [-0.2, 0) is 0 Å². The predicted molar refractivity (Wildman–Crippen MR) is 83.1 cm³/mol. The Bertz CT molecular complexity index is 561. The molecule has 0 aromatic carbocycles. The van der Waals surface area contributed by atoms with Crippen LogP contribution in [0.1, 0.15) is 37.3 Å². The molecule has 0 bridgehead atoms. The molecule has 3 rings (SSSR count). The van der Waals surface area contributed by atoms with Crippen molar-refractivity contribution in [1.82, 2.24) is 19.9 Å². The minimum absolute atomic E-state index is 0.565. The lowest BCUT2D eigenvalue weighted by Crippen LogP contribution is -2.08. The van der Waals surface area contributed by atoms with Crippen molar-refractivity contribution < 1.29 is 0 Å². The van der Waals surface area contributed by atoms with Crippen LogP contribution in [0, 0.1) is 3.57 Å². The van der Waals surface area contributed by atoms with E-state index in [2.05, 4.69) is 42.9 Å². The Morgan fingerprint density at radius 3 is 2.74 bits per heavy atom. The van der Waals surface area contributed by atoms with E-state index < -0.39 is 0 Å². The molecule has 1 aliphatic rings. The molecular formula is C13H16IN5. The van der Waals surface area contributed by atoms with Crippen LogP contribution in [-0.4, -0.2) is 27.0 Å². The number of rotatable bonds is 3. The lowest BCUT2D eigenvalue weighted by atomic mass is 10.0. The summed E-state index contributed by atoms with van der Waals surface area (Å²) in [5, 5.41) is 3.16. The zero-order valence-electron chi connectivity index (χ0n) is 10.8. The van der Waals surface area contributed by atoms with Crippen LogP contribution in [0.3, 0.4) is 0 Å². The Labute approximate surface area is 125 Å². The number of aromatic nitrogens is 4. The van der Waals surface area contributed by atoms with E-state index in [9.17, 15) is 0 Å². The van der Waals surface area contributed by atoms with Gasteiger partial charge in [-0.1, -0.05) is 12.8 Å². The van der Waals surface area contributed by atoms with Gasteiger partial charge in [0.1, 0.15) is 5.82 Å². The van der Waals surface area contributed by atoms with Crippen molar-refractivity contribution in [1.29, 1.82) is 0 Å². The number of imidazole rings is 1. The second kappa shape index (κ2) is 5.44. The van der Waals surface area contributed by atoms with Crippen molar-refractivity contribution in [3.8, 4) is 11.6 Å². The molecule has 0 saturated heterocycles. The Morgan fingerprint density at radius 1 is 1.32 bits per heavy atom. The predicted octanol–water partition coefficient (Wildman–Crippen LogP) is 3.17. The quantitative estimate of drug-likeness (QED) is 0.816. The van der Waals surface area contributed by atoms with Crippen LogP contribution >= 0.6 is 22.6 Å². The van der Waals surface area contributed by atoms with Gasteiger partial charge in [0, 0.05) is 25.4 Å². The molecule has 2 heterocycles. The second-order valence-electron chi connectivity index (χ2n) is 4.76. The molecule has 1 fully saturated rings. The normalized spacial score (nSPS) is 15.9. The maximum absolute atomic E-state index is 4.75. The molecule has 0 radical (unpaired) electrons. The standard InChI is InChI=1S/C13H16IN5/c1-15-11-9(14)10(8-4-2-3-5-8)18-13(19-11)12-16-6-7-17-12/h6-8H,2-5H2,1H3,(H,16,17)(H,15,18,19). The van der Waals surface area contributed by atoms with Crippen molar-refractivity contribution in [2.75, 3.05) is 12.4 Å². The molecule has 2 N–H and O–H groups in total. The zero-order chi connectivity index (χ0) is 13.2. The number of anilines is 1. The van der Waals surface area contributed by atoms with Crippen molar-refractivity contribution in [3.63, 3.8) is 0 Å². The summed E-state index contributed by atoms with van der Waals surface area (Å²) in [6, 6.07) is 0. The molecule has 1 saturated carbocycles. The number of aromatic amines is 1. The summed E-state index contributed by atoms with van der Waals surface area (Å²) in [5.41, 5.74) is 1.17. The van der Waals surface area contributed by atoms with Crippen molar-refractivity contribution in [2.45, 2.75) is 31.6 Å². The van der Waals surface area contributed by atoms with Crippen LogP contribution in [0.4, 0.5) is 5.82 Å². The maximum Gasteiger partial charge on any atom is 0.197 e. The molecule has 0 unspecified atom stereocenters. The molecule has 100 valence electrons. The number of nitrogens with one attached hydrogen (secondary N) is 2. The molecule has 6 heteroatoms. The Kier molecular flexibility index (Phi) is 3.67. The average molecular weight is 369 g/mol. The monoisotopic (exact) mass is 369 g/mol. The minimum Gasteiger partial charge on any atom is -0.372 e. The van der Waals surface area contributed by atoms with Gasteiger partial charge in [-0.3, -0.25) is 0 Å². The van der Waals surface area contributed by atoms with Gasteiger partial charge in [0.2, 0.25) is 0 Å². The SMILES string of the molecule is CNc1nc(-c2ncc[nH]2)nc(C2CCCC2)c1I. The van der Waals surface area contributed by atoms with Gasteiger partial charge in [-0.2, -0.15) is 0 Å². The third kappa shape index (κ3) is 2.45. The fourth-order valence-electron chi connectivity index (χ4n) is 2.59. The van der Waals surface area contributed by atoms with E-state index in [1.165, 1.54) is 31.4 Å². The Hall–Kier alpha value is -1.18. The van der Waals surface area contributed by atoms with E-state index in [1.54, 1.807) is 12.4 Å². The first-order chi connectivity index (χ1) is 9.29. The minimum atomic E-state index is 0.565. The molecule has 2 aromatic rings. The highest BCUT2D eigenvalue weighted by molar-refractivity contribution is 14.1. The number of hydrogen-bond acceptors (Lipinski definition) is 4. The van der Waals surface area contributed by atoms with E-state index in [0.29, 0.717) is 11.7 Å². The number of nitrogens with zero attached hydrogens (tertiary/aromatic N) is 3. The summed E-state index contributed by atoms with van der Waals surface area (Å²) >= 11 is 2.35. The van der Waals surface area contributed by atoms with E-state index >= 15 is 0 Å². The van der Waals surface area contributed by atoms with Crippen LogP contribution < -0.4 is 5.32 Å². The van der Waals surface area contributed by atoms with Gasteiger partial charge < -0.3 is 10.3 Å². The van der Waals surface area contributed by atoms with E-state index in [1.807, 2.05) is 7.05 Å². The highest BCUT2D eigenvalue weighted by Crippen LogP contribution is 2.37. The lowest BCUT2D eigenvalue weighted by Gasteiger charge is -2.14. The van der Waals surface area contributed by atoms with Gasteiger partial charge in [0.15, 0.2) is 11.6 Å². The zero-order valence-corrected chi connectivity index (χ0v) is 12.9. The average Bonchev–Trinajstić information content (AvgIpc) is 3.12. The first-order valence-electron chi connectivity index (χ1n) is 6.54. The molecule has 0 spiro atoms. The van der Waals surface area contributed by atoms with E-state index in [0.717, 1.165) is 15.2 Å². The summed E-state index contributed by atoms with van der Waals surface area (Å²) in [6.07, 6.45) is 8.59. The maximum atomic E-state index is 4.75. The summed E-state index contributed by atoms with van der Waals surface area (Å²) in [6.45, 7) is 0. The molecule has 0 amide bonds. The van der Waals surface area contributed by atoms with Crippen molar-refractivity contribution in [2.24, 2.45) is 0 Å². The van der Waals surface area contributed by atoms with Crippen LogP contribution in [0.15, 0.2) is 12.4 Å². The highest BCUT2D eigenvalue weighted by Gasteiger charge is 2.24. The molecule has 0 aliphatic heterocycles. The summed E-state index contributed by atoms with van der Waals surface area (Å²) in [5.74, 6) is 2.86. The van der Waals surface area contributed by atoms with Gasteiger partial charge in [-0.15, -0.1) is 0 Å². The molecular weight excluding hydrogens is 353 g/mol. The van der Waals surface area contributed by atoms with Gasteiger partial charge >= 0.3 is 0 Å². The summed E-state index contributed by atoms with van der Waals surface area (Å²) < 4.78 is 1.14. The Morgan fingerprint density at radius 2 is 2.11 bits per heavy atom. The number of H-pyrrole nitrogens is 1. The fraction of sp³-hybridized carbons (Fsp3) is 0.462. The summed E-state index contributed by atoms with van der Waals surface area (Å²) in [7, 11) is 1.90. The molecule has 19 heavy (non-hydrogen) atoms. The van der Waals surface area contributed by atoms with Gasteiger partial charge in [0.25, 0.3) is 0 Å². The second-order valence-corrected chi connectivity index (χ2v) is 5.84. The van der Waals surface area contributed by atoms with E-state index in [4.69, 9.17) is 4.98 Å². The Balaban J connectivity index is 2.09. The van der Waals surface area contributed by atoms with Crippen LogP contribution in [0.2, 0.25) is 0 Å². The van der Waals surface area contributed by atoms with Gasteiger partial charge in [-0.25, -0.2) is 15.0 Å². The number of hydrogen-bond donors (Lipinski definition) is 2.